The van der Waals surface area contributed by atoms with Crippen LogP contribution >= 0.6 is 0 Å². The normalized spacial score (nSPS) is 13.8. The third kappa shape index (κ3) is 8.85. The number of ether oxygens (including phenoxy) is 1. The summed E-state index contributed by atoms with van der Waals surface area (Å²) in [6.07, 6.45) is 1.93. The average molecular weight is 363 g/mol. The number of hydrogen-bond acceptors (Lipinski definition) is 3. The second-order valence-electron chi connectivity index (χ2n) is 6.61. The molecule has 0 aliphatic heterocycles. The van der Waals surface area contributed by atoms with Gasteiger partial charge < -0.3 is 20.3 Å². The van der Waals surface area contributed by atoms with Gasteiger partial charge in [-0.2, -0.15) is 0 Å². The molecule has 1 amide bonds. The molecule has 6 nitrogen and oxygen atoms in total. The Morgan fingerprint density at radius 1 is 1.23 bits per heavy atom. The molecule has 146 valence electrons. The third-order valence-electron chi connectivity index (χ3n) is 4.12. The van der Waals surface area contributed by atoms with Crippen molar-refractivity contribution in [3.8, 4) is 0 Å². The Hall–Kier alpha value is -2.08. The van der Waals surface area contributed by atoms with Gasteiger partial charge in [0.05, 0.1) is 6.10 Å². The minimum Gasteiger partial charge on any atom is -0.374 e. The fourth-order valence-corrected chi connectivity index (χ4v) is 2.14. The van der Waals surface area contributed by atoms with Crippen LogP contribution in [0.5, 0.6) is 0 Å². The number of carbonyl (C=O) groups excluding carboxylic acids is 1. The summed E-state index contributed by atoms with van der Waals surface area (Å²) < 4.78 is 5.88. The summed E-state index contributed by atoms with van der Waals surface area (Å²) in [5.74, 6) is 0.654. The third-order valence-corrected chi connectivity index (χ3v) is 4.12. The summed E-state index contributed by atoms with van der Waals surface area (Å²) in [6.45, 7) is 7.80. The standard InChI is InChI=1S/C20H34N4O2/c1-6-16(2)23-20(22-15-19(25)24(4)5)21-13-10-14-26-17(3)18-11-8-7-9-12-18/h7-9,11-12,16-17H,6,10,13-15H2,1-5H3,(H2,21,22,23). The number of carbonyl (C=O) groups is 1. The molecule has 0 bridgehead atoms. The van der Waals surface area contributed by atoms with Gasteiger partial charge in [0.25, 0.3) is 0 Å². The van der Waals surface area contributed by atoms with Crippen LogP contribution in [0.4, 0.5) is 0 Å². The van der Waals surface area contributed by atoms with E-state index in [0.29, 0.717) is 18.6 Å². The Balaban J connectivity index is 2.38. The molecule has 0 saturated heterocycles. The smallest absolute Gasteiger partial charge is 0.243 e. The van der Waals surface area contributed by atoms with Crippen LogP contribution in [0.15, 0.2) is 35.3 Å². The number of rotatable bonds is 10. The second kappa shape index (κ2) is 12.3. The van der Waals surface area contributed by atoms with Crippen molar-refractivity contribution < 1.29 is 9.53 Å². The number of guanidine groups is 1. The monoisotopic (exact) mass is 362 g/mol. The van der Waals surface area contributed by atoms with E-state index in [1.807, 2.05) is 18.2 Å². The van der Waals surface area contributed by atoms with Crippen LogP contribution < -0.4 is 10.6 Å². The highest BCUT2D eigenvalue weighted by Gasteiger charge is 2.07. The first-order chi connectivity index (χ1) is 12.4. The van der Waals surface area contributed by atoms with Gasteiger partial charge in [-0.1, -0.05) is 37.3 Å². The van der Waals surface area contributed by atoms with Crippen molar-refractivity contribution in [2.75, 3.05) is 33.8 Å². The molecule has 6 heteroatoms. The summed E-state index contributed by atoms with van der Waals surface area (Å²) in [4.78, 5) is 17.7. The lowest BCUT2D eigenvalue weighted by Gasteiger charge is -2.18. The van der Waals surface area contributed by atoms with Crippen molar-refractivity contribution in [2.24, 2.45) is 4.99 Å². The SMILES string of the molecule is CCC(C)NC(=NCC(=O)N(C)C)NCCCOC(C)c1ccccc1. The molecule has 0 radical (unpaired) electrons. The maximum absolute atomic E-state index is 11.7. The van der Waals surface area contributed by atoms with Crippen molar-refractivity contribution in [1.82, 2.24) is 15.5 Å². The molecule has 0 saturated carbocycles. The lowest BCUT2D eigenvalue weighted by molar-refractivity contribution is -0.127. The lowest BCUT2D eigenvalue weighted by Crippen LogP contribution is -2.43. The molecule has 2 unspecified atom stereocenters. The number of aliphatic imine (C=N–C) groups is 1. The van der Waals surface area contributed by atoms with E-state index < -0.39 is 0 Å². The van der Waals surface area contributed by atoms with Crippen LogP contribution in [0.25, 0.3) is 0 Å². The van der Waals surface area contributed by atoms with E-state index in [4.69, 9.17) is 4.74 Å². The fraction of sp³-hybridized carbons (Fsp3) is 0.600. The van der Waals surface area contributed by atoms with Crippen LogP contribution in [0.1, 0.15) is 45.3 Å². The fourth-order valence-electron chi connectivity index (χ4n) is 2.14. The highest BCUT2D eigenvalue weighted by Crippen LogP contribution is 2.15. The molecule has 0 aromatic heterocycles. The number of nitrogens with zero attached hydrogens (tertiary/aromatic N) is 2. The highest BCUT2D eigenvalue weighted by atomic mass is 16.5. The Morgan fingerprint density at radius 2 is 1.92 bits per heavy atom. The van der Waals surface area contributed by atoms with Gasteiger partial charge in [0.2, 0.25) is 5.91 Å². The Bertz CT molecular complexity index is 546. The summed E-state index contributed by atoms with van der Waals surface area (Å²) in [7, 11) is 3.47. The molecular formula is C20H34N4O2. The van der Waals surface area contributed by atoms with Gasteiger partial charge in [0.15, 0.2) is 5.96 Å². The van der Waals surface area contributed by atoms with E-state index >= 15 is 0 Å². The predicted octanol–water partition coefficient (Wildman–Crippen LogP) is 2.58. The summed E-state index contributed by atoms with van der Waals surface area (Å²) in [5.41, 5.74) is 1.18. The molecule has 26 heavy (non-hydrogen) atoms. The zero-order chi connectivity index (χ0) is 19.4. The summed E-state index contributed by atoms with van der Waals surface area (Å²) >= 11 is 0. The van der Waals surface area contributed by atoms with Crippen LogP contribution in [0, 0.1) is 0 Å². The minimum absolute atomic E-state index is 0.0183. The first kappa shape index (κ1) is 22.0. The summed E-state index contributed by atoms with van der Waals surface area (Å²) in [6, 6.07) is 10.5. The maximum atomic E-state index is 11.7. The van der Waals surface area contributed by atoms with Gasteiger partial charge >= 0.3 is 0 Å². The van der Waals surface area contributed by atoms with Gasteiger partial charge in [-0.3, -0.25) is 4.79 Å². The van der Waals surface area contributed by atoms with Crippen molar-refractivity contribution in [3.05, 3.63) is 35.9 Å². The maximum Gasteiger partial charge on any atom is 0.243 e. The molecule has 0 aliphatic carbocycles. The number of hydrogen-bond donors (Lipinski definition) is 2. The average Bonchev–Trinajstić information content (AvgIpc) is 2.65. The first-order valence-electron chi connectivity index (χ1n) is 9.35. The Kier molecular flexibility index (Phi) is 10.4. The molecule has 0 aliphatic rings. The number of nitrogens with one attached hydrogen (secondary N) is 2. The molecule has 0 fully saturated rings. The minimum atomic E-state index is -0.0183. The predicted molar refractivity (Wildman–Crippen MR) is 107 cm³/mol. The van der Waals surface area contributed by atoms with E-state index in [2.05, 4.69) is 48.5 Å². The van der Waals surface area contributed by atoms with E-state index in [1.165, 1.54) is 5.56 Å². The molecule has 0 heterocycles. The lowest BCUT2D eigenvalue weighted by atomic mass is 10.1. The topological polar surface area (TPSA) is 66.0 Å². The second-order valence-corrected chi connectivity index (χ2v) is 6.61. The van der Waals surface area contributed by atoms with Gasteiger partial charge in [0, 0.05) is 33.3 Å². The molecule has 1 aromatic carbocycles. The number of amides is 1. The molecule has 1 rings (SSSR count). The van der Waals surface area contributed by atoms with Crippen LogP contribution in [-0.4, -0.2) is 56.6 Å². The van der Waals surface area contributed by atoms with Crippen LogP contribution in [0.2, 0.25) is 0 Å². The molecule has 1 aromatic rings. The van der Waals surface area contributed by atoms with E-state index in [9.17, 15) is 4.79 Å². The summed E-state index contributed by atoms with van der Waals surface area (Å²) in [5, 5.41) is 6.59. The molecular weight excluding hydrogens is 328 g/mol. The van der Waals surface area contributed by atoms with Crippen molar-refractivity contribution in [1.29, 1.82) is 0 Å². The Labute approximate surface area is 158 Å². The highest BCUT2D eigenvalue weighted by molar-refractivity contribution is 5.84. The van der Waals surface area contributed by atoms with E-state index in [-0.39, 0.29) is 18.6 Å². The zero-order valence-electron chi connectivity index (χ0n) is 16.8. The van der Waals surface area contributed by atoms with Gasteiger partial charge in [-0.05, 0) is 32.3 Å². The largest absolute Gasteiger partial charge is 0.374 e. The first-order valence-corrected chi connectivity index (χ1v) is 9.35. The van der Waals surface area contributed by atoms with Crippen molar-refractivity contribution in [3.63, 3.8) is 0 Å². The molecule has 2 N–H and O–H groups in total. The Morgan fingerprint density at radius 3 is 2.54 bits per heavy atom. The molecule has 0 spiro atoms. The van der Waals surface area contributed by atoms with Gasteiger partial charge in [-0.25, -0.2) is 4.99 Å². The van der Waals surface area contributed by atoms with Gasteiger partial charge in [-0.15, -0.1) is 0 Å². The van der Waals surface area contributed by atoms with E-state index in [0.717, 1.165) is 19.4 Å². The zero-order valence-corrected chi connectivity index (χ0v) is 16.8. The quantitative estimate of drug-likeness (QED) is 0.381. The number of likely N-dealkylation sites (N-methyl/N-ethyl adjacent to an activating group) is 1. The van der Waals surface area contributed by atoms with Crippen molar-refractivity contribution >= 4 is 11.9 Å². The van der Waals surface area contributed by atoms with Gasteiger partial charge in [0.1, 0.15) is 6.54 Å². The number of benzene rings is 1. The van der Waals surface area contributed by atoms with E-state index in [1.54, 1.807) is 19.0 Å². The molecule has 2 atom stereocenters. The van der Waals surface area contributed by atoms with Crippen molar-refractivity contribution in [2.45, 2.75) is 45.8 Å². The van der Waals surface area contributed by atoms with Crippen LogP contribution in [-0.2, 0) is 9.53 Å². The van der Waals surface area contributed by atoms with Crippen LogP contribution in [0.3, 0.4) is 0 Å².